The van der Waals surface area contributed by atoms with Crippen LogP contribution in [0.5, 0.6) is 6.01 Å². The molecule has 2 N–H and O–H groups in total. The highest BCUT2D eigenvalue weighted by Gasteiger charge is 2.60. The van der Waals surface area contributed by atoms with Crippen LogP contribution >= 0.6 is 0 Å². The summed E-state index contributed by atoms with van der Waals surface area (Å²) >= 11 is 0. The lowest BCUT2D eigenvalue weighted by atomic mass is 9.56. The summed E-state index contributed by atoms with van der Waals surface area (Å²) < 4.78 is 58.4. The van der Waals surface area contributed by atoms with Crippen LogP contribution in [0.2, 0.25) is 0 Å². The van der Waals surface area contributed by atoms with E-state index in [0.717, 1.165) is 29.5 Å². The zero-order chi connectivity index (χ0) is 33.3. The number of fused-ring (bicyclic) bond motifs is 2. The Morgan fingerprint density at radius 3 is 2.71 bits per heavy atom. The van der Waals surface area contributed by atoms with Gasteiger partial charge in [-0.1, -0.05) is 0 Å². The van der Waals surface area contributed by atoms with Crippen LogP contribution < -0.4 is 9.64 Å². The fourth-order valence-electron chi connectivity index (χ4n) is 9.53. The Bertz CT molecular complexity index is 2180. The van der Waals surface area contributed by atoms with Crippen molar-refractivity contribution >= 4 is 27.6 Å². The maximum absolute atomic E-state index is 17.2. The van der Waals surface area contributed by atoms with Crippen molar-refractivity contribution in [3.63, 3.8) is 0 Å². The van der Waals surface area contributed by atoms with E-state index >= 15 is 4.39 Å². The van der Waals surface area contributed by atoms with Crippen molar-refractivity contribution in [1.82, 2.24) is 35.0 Å². The van der Waals surface area contributed by atoms with Gasteiger partial charge < -0.3 is 19.2 Å². The van der Waals surface area contributed by atoms with Crippen molar-refractivity contribution in [2.45, 2.75) is 75.4 Å². The van der Waals surface area contributed by atoms with Gasteiger partial charge in [0.15, 0.2) is 5.82 Å². The van der Waals surface area contributed by atoms with Crippen molar-refractivity contribution in [2.24, 2.45) is 5.41 Å². The number of piperidine rings is 1. The summed E-state index contributed by atoms with van der Waals surface area (Å²) in [6.07, 6.45) is 8.97. The molecule has 254 valence electrons. The summed E-state index contributed by atoms with van der Waals surface area (Å²) in [6, 6.07) is 1.93. The molecule has 5 aromatic rings. The molecule has 3 saturated heterocycles. The summed E-state index contributed by atoms with van der Waals surface area (Å²) in [5.41, 5.74) is 1.15. The molecule has 1 aromatic carbocycles. The van der Waals surface area contributed by atoms with Crippen molar-refractivity contribution in [2.75, 3.05) is 37.7 Å². The lowest BCUT2D eigenvalue weighted by molar-refractivity contribution is -0.154. The van der Waals surface area contributed by atoms with Crippen molar-refractivity contribution in [1.29, 1.82) is 0 Å². The van der Waals surface area contributed by atoms with Gasteiger partial charge >= 0.3 is 6.01 Å². The molecule has 14 heteroatoms. The van der Waals surface area contributed by atoms with Gasteiger partial charge in [-0.3, -0.25) is 15.0 Å². The average Bonchev–Trinajstić information content (AvgIpc) is 3.77. The number of aliphatic hydroxyl groups is 1. The number of hydrogen-bond acceptors (Lipinski definition) is 10. The number of hydrogen-bond donors (Lipinski definition) is 2. The summed E-state index contributed by atoms with van der Waals surface area (Å²) in [5, 5.41) is 20.1. The molecule has 1 aliphatic carbocycles. The second-order valence-electron chi connectivity index (χ2n) is 15.2. The van der Waals surface area contributed by atoms with E-state index in [1.54, 1.807) is 23.5 Å². The summed E-state index contributed by atoms with van der Waals surface area (Å²) in [5.74, 6) is -1.95. The summed E-state index contributed by atoms with van der Waals surface area (Å²) in [6.45, 7) is 3.48. The van der Waals surface area contributed by atoms with E-state index in [9.17, 15) is 13.9 Å². The number of pyridine rings is 1. The molecule has 0 amide bonds. The van der Waals surface area contributed by atoms with Crippen LogP contribution in [0.3, 0.4) is 0 Å². The lowest BCUT2D eigenvalue weighted by Gasteiger charge is -2.56. The minimum absolute atomic E-state index is 0.0142. The highest BCUT2D eigenvalue weighted by molar-refractivity contribution is 5.99. The number of rotatable bonds is 3. The predicted molar refractivity (Wildman–Crippen MR) is 172 cm³/mol. The molecule has 1 saturated carbocycles. The Morgan fingerprint density at radius 1 is 1.02 bits per heavy atom. The largest absolute Gasteiger partial charge is 0.461 e. The molecule has 49 heavy (non-hydrogen) atoms. The molecular formula is C35H35F3N8O3. The van der Waals surface area contributed by atoms with Gasteiger partial charge in [-0.2, -0.15) is 15.1 Å². The number of H-pyrrole nitrogens is 1. The van der Waals surface area contributed by atoms with Gasteiger partial charge in [-0.15, -0.1) is 0 Å². The monoisotopic (exact) mass is 672 g/mol. The third-order valence-corrected chi connectivity index (χ3v) is 11.8. The van der Waals surface area contributed by atoms with Gasteiger partial charge in [-0.05, 0) is 68.1 Å². The second-order valence-corrected chi connectivity index (χ2v) is 15.2. The topological polar surface area (TPSA) is 129 Å². The molecular weight excluding hydrogens is 637 g/mol. The van der Waals surface area contributed by atoms with E-state index in [1.165, 1.54) is 0 Å². The third-order valence-electron chi connectivity index (χ3n) is 11.8. The number of alkyl halides is 2. The second kappa shape index (κ2) is 9.90. The normalized spacial score (nSPS) is 28.7. The minimum atomic E-state index is -2.78. The Balaban J connectivity index is 1.15. The van der Waals surface area contributed by atoms with Crippen LogP contribution in [-0.2, 0) is 18.4 Å². The standard InChI is InChI=1S/C35H35F3N8O3/c1-19-9-24-22(12-41-44-24)25-21(19)4-3-20-10-40-30(49-20)34(47)13-32(14-34)5-2-7-45(16-32)29-23-11-39-28(25)26(36)27(23)42-31(43-29)48-18-33-6-8-46(33)17-35(37,38)15-33/h9-12,47H,2-8,13-18H2,1H3,(H,41,44)/t32?,33-,34?/m1/s1. The van der Waals surface area contributed by atoms with Gasteiger partial charge in [0.25, 0.3) is 5.92 Å². The zero-order valence-electron chi connectivity index (χ0n) is 27.0. The molecule has 9 bridgehead atoms. The molecule has 0 radical (unpaired) electrons. The minimum Gasteiger partial charge on any atom is -0.461 e. The van der Waals surface area contributed by atoms with Crippen LogP contribution in [0.25, 0.3) is 33.1 Å². The van der Waals surface area contributed by atoms with Gasteiger partial charge in [0.05, 0.1) is 35.4 Å². The fourth-order valence-corrected chi connectivity index (χ4v) is 9.53. The first-order valence-corrected chi connectivity index (χ1v) is 17.0. The molecule has 7 aliphatic rings. The quantitative estimate of drug-likeness (QED) is 0.263. The van der Waals surface area contributed by atoms with Crippen molar-refractivity contribution < 1.29 is 27.4 Å². The van der Waals surface area contributed by atoms with Crippen LogP contribution in [-0.4, -0.2) is 84.4 Å². The molecule has 10 heterocycles. The fraction of sp³-hybridized carbons (Fsp3) is 0.514. The number of aryl methyl sites for hydroxylation is 2. The predicted octanol–water partition coefficient (Wildman–Crippen LogP) is 5.23. The third kappa shape index (κ3) is 4.38. The number of anilines is 1. The van der Waals surface area contributed by atoms with Gasteiger partial charge in [0, 0.05) is 49.6 Å². The van der Waals surface area contributed by atoms with E-state index in [0.29, 0.717) is 85.5 Å². The lowest BCUT2D eigenvalue weighted by Crippen LogP contribution is -2.59. The maximum Gasteiger partial charge on any atom is 0.319 e. The number of ether oxygens (including phenoxy) is 1. The van der Waals surface area contributed by atoms with Crippen LogP contribution in [0.1, 0.15) is 61.3 Å². The number of nitrogens with one attached hydrogen (secondary N) is 1. The smallest absolute Gasteiger partial charge is 0.319 e. The first kappa shape index (κ1) is 29.6. The zero-order valence-corrected chi connectivity index (χ0v) is 27.0. The molecule has 11 nitrogen and oxygen atoms in total. The van der Waals surface area contributed by atoms with Crippen LogP contribution in [0.4, 0.5) is 19.0 Å². The Labute approximate surface area is 278 Å². The molecule has 1 atom stereocenters. The summed E-state index contributed by atoms with van der Waals surface area (Å²) in [7, 11) is 0. The van der Waals surface area contributed by atoms with E-state index < -0.39 is 22.9 Å². The summed E-state index contributed by atoms with van der Waals surface area (Å²) in [4.78, 5) is 22.6. The highest BCUT2D eigenvalue weighted by atomic mass is 19.3. The Kier molecular flexibility index (Phi) is 5.98. The molecule has 4 aromatic heterocycles. The van der Waals surface area contributed by atoms with Gasteiger partial charge in [-0.25, -0.2) is 18.2 Å². The molecule has 4 fully saturated rings. The number of benzene rings is 1. The number of halogens is 3. The Morgan fingerprint density at radius 2 is 1.90 bits per heavy atom. The van der Waals surface area contributed by atoms with Crippen LogP contribution in [0.15, 0.2) is 29.1 Å². The first-order valence-electron chi connectivity index (χ1n) is 17.0. The molecule has 1 spiro atoms. The Hall–Kier alpha value is -4.30. The SMILES string of the molecule is Cc1cc2[nH]ncc2c2c1CCc1cnc(o1)C1(O)CC3(CCCN(C3)c3nc(OC[C@]45CCN4CC(F)(F)C5)nc4c(F)c-2ncc34)C1. The van der Waals surface area contributed by atoms with E-state index in [-0.39, 0.29) is 42.2 Å². The number of aromatic nitrogens is 6. The maximum atomic E-state index is 17.2. The van der Waals surface area contributed by atoms with Gasteiger partial charge in [0.1, 0.15) is 35.0 Å². The van der Waals surface area contributed by atoms with Crippen molar-refractivity contribution in [3.8, 4) is 17.3 Å². The van der Waals surface area contributed by atoms with E-state index in [4.69, 9.17) is 19.1 Å². The highest BCUT2D eigenvalue weighted by Crippen LogP contribution is 2.58. The van der Waals surface area contributed by atoms with E-state index in [2.05, 4.69) is 25.1 Å². The van der Waals surface area contributed by atoms with Crippen molar-refractivity contribution in [3.05, 3.63) is 53.3 Å². The number of oxazole rings is 1. The van der Waals surface area contributed by atoms with Crippen LogP contribution in [0, 0.1) is 18.2 Å². The molecule has 0 unspecified atom stereocenters. The molecule has 6 aliphatic heterocycles. The average molecular weight is 673 g/mol. The molecule has 12 rings (SSSR count). The number of aromatic amines is 1. The van der Waals surface area contributed by atoms with Gasteiger partial charge in [0.2, 0.25) is 5.89 Å². The number of nitrogens with zero attached hydrogens (tertiary/aromatic N) is 7. The first-order chi connectivity index (χ1) is 23.5. The van der Waals surface area contributed by atoms with E-state index in [1.807, 2.05) is 13.0 Å².